The van der Waals surface area contributed by atoms with Crippen molar-refractivity contribution in [2.45, 2.75) is 12.3 Å². The van der Waals surface area contributed by atoms with Gasteiger partial charge in [-0.3, -0.25) is 0 Å². The Balaban J connectivity index is 1.98. The first kappa shape index (κ1) is 9.78. The van der Waals surface area contributed by atoms with Crippen molar-refractivity contribution in [1.82, 2.24) is 5.32 Å². The third-order valence-electron chi connectivity index (χ3n) is 3.19. The van der Waals surface area contributed by atoms with E-state index in [0.29, 0.717) is 30.6 Å². The molecule has 2 aliphatic rings. The average Bonchev–Trinajstić information content (AvgIpc) is 2.81. The van der Waals surface area contributed by atoms with Gasteiger partial charge in [0.2, 0.25) is 0 Å². The highest BCUT2D eigenvalue weighted by atomic mass is 16.6. The van der Waals surface area contributed by atoms with Crippen molar-refractivity contribution in [3.05, 3.63) is 17.7 Å². The van der Waals surface area contributed by atoms with Crippen LogP contribution in [0.15, 0.2) is 12.1 Å². The fraction of sp³-hybridized carbons (Fsp3) is 0.500. The molecule has 3 rings (SSSR count). The lowest BCUT2D eigenvalue weighted by Crippen LogP contribution is -2.16. The van der Waals surface area contributed by atoms with Crippen LogP contribution in [0.4, 0.5) is 0 Å². The van der Waals surface area contributed by atoms with Crippen molar-refractivity contribution in [1.29, 1.82) is 0 Å². The van der Waals surface area contributed by atoms with Gasteiger partial charge in [-0.05, 0) is 19.0 Å². The summed E-state index contributed by atoms with van der Waals surface area (Å²) >= 11 is 0. The Labute approximate surface area is 94.2 Å². The van der Waals surface area contributed by atoms with Crippen LogP contribution in [0.3, 0.4) is 0 Å². The van der Waals surface area contributed by atoms with Crippen LogP contribution in [-0.2, 0) is 0 Å². The second-order valence-corrected chi connectivity index (χ2v) is 4.24. The summed E-state index contributed by atoms with van der Waals surface area (Å²) in [6.07, 6.45) is 1.06. The van der Waals surface area contributed by atoms with Gasteiger partial charge in [-0.1, -0.05) is 0 Å². The Kier molecular flexibility index (Phi) is 2.36. The smallest absolute Gasteiger partial charge is 0.165 e. The Bertz CT molecular complexity index is 399. The number of phenols is 1. The van der Waals surface area contributed by atoms with Crippen LogP contribution in [0.1, 0.15) is 17.9 Å². The topological polar surface area (TPSA) is 50.7 Å². The molecule has 1 aromatic carbocycles. The molecule has 86 valence electrons. The largest absolute Gasteiger partial charge is 0.508 e. The Hall–Kier alpha value is -1.42. The maximum absolute atomic E-state index is 9.96. The summed E-state index contributed by atoms with van der Waals surface area (Å²) in [6, 6.07) is 3.59. The fourth-order valence-corrected chi connectivity index (χ4v) is 2.34. The van der Waals surface area contributed by atoms with Crippen LogP contribution >= 0.6 is 0 Å². The summed E-state index contributed by atoms with van der Waals surface area (Å²) in [5, 5.41) is 13.3. The molecule has 1 atom stereocenters. The molecule has 0 aromatic heterocycles. The molecule has 4 heteroatoms. The number of hydrogen-bond donors (Lipinski definition) is 2. The number of aromatic hydroxyl groups is 1. The summed E-state index contributed by atoms with van der Waals surface area (Å²) in [5.74, 6) is 2.11. The van der Waals surface area contributed by atoms with E-state index >= 15 is 0 Å². The molecule has 0 radical (unpaired) electrons. The Morgan fingerprint density at radius 1 is 1.19 bits per heavy atom. The molecule has 1 fully saturated rings. The van der Waals surface area contributed by atoms with Crippen LogP contribution in [0.25, 0.3) is 0 Å². The quantitative estimate of drug-likeness (QED) is 0.749. The van der Waals surface area contributed by atoms with E-state index in [1.807, 2.05) is 6.07 Å². The molecule has 1 saturated heterocycles. The minimum atomic E-state index is 0.318. The molecule has 0 spiro atoms. The molecular formula is C12H15NO3. The van der Waals surface area contributed by atoms with Crippen LogP contribution in [0, 0.1) is 0 Å². The lowest BCUT2D eigenvalue weighted by molar-refractivity contribution is 0.170. The van der Waals surface area contributed by atoms with Crippen molar-refractivity contribution in [3.8, 4) is 17.2 Å². The van der Waals surface area contributed by atoms with Crippen LogP contribution in [0.5, 0.6) is 17.2 Å². The van der Waals surface area contributed by atoms with E-state index in [1.54, 1.807) is 6.07 Å². The van der Waals surface area contributed by atoms with Gasteiger partial charge in [0, 0.05) is 24.1 Å². The predicted molar refractivity (Wildman–Crippen MR) is 59.3 cm³/mol. The van der Waals surface area contributed by atoms with E-state index in [0.717, 1.165) is 30.8 Å². The van der Waals surface area contributed by atoms with Gasteiger partial charge in [-0.2, -0.15) is 0 Å². The number of benzene rings is 1. The van der Waals surface area contributed by atoms with E-state index in [9.17, 15) is 5.11 Å². The SMILES string of the molecule is Oc1cc2c(cc1C1CCNC1)OCCO2. The summed E-state index contributed by atoms with van der Waals surface area (Å²) in [4.78, 5) is 0. The van der Waals surface area contributed by atoms with Gasteiger partial charge in [0.25, 0.3) is 0 Å². The first-order chi connectivity index (χ1) is 7.84. The molecule has 2 heterocycles. The number of rotatable bonds is 1. The number of nitrogens with one attached hydrogen (secondary N) is 1. The Morgan fingerprint density at radius 3 is 2.62 bits per heavy atom. The molecular weight excluding hydrogens is 206 g/mol. The van der Waals surface area contributed by atoms with Crippen LogP contribution in [0.2, 0.25) is 0 Å². The second-order valence-electron chi connectivity index (χ2n) is 4.24. The van der Waals surface area contributed by atoms with Gasteiger partial charge >= 0.3 is 0 Å². The Morgan fingerprint density at radius 2 is 1.94 bits per heavy atom. The molecule has 16 heavy (non-hydrogen) atoms. The zero-order valence-corrected chi connectivity index (χ0v) is 9.03. The normalized spacial score (nSPS) is 23.4. The van der Waals surface area contributed by atoms with Crippen LogP contribution in [-0.4, -0.2) is 31.4 Å². The highest BCUT2D eigenvalue weighted by molar-refractivity contribution is 5.52. The summed E-state index contributed by atoms with van der Waals surface area (Å²) in [6.45, 7) is 3.07. The van der Waals surface area contributed by atoms with Crippen molar-refractivity contribution in [2.24, 2.45) is 0 Å². The lowest BCUT2D eigenvalue weighted by atomic mass is 9.97. The fourth-order valence-electron chi connectivity index (χ4n) is 2.34. The minimum Gasteiger partial charge on any atom is -0.508 e. The third kappa shape index (κ3) is 1.59. The summed E-state index contributed by atoms with van der Waals surface area (Å²) in [7, 11) is 0. The monoisotopic (exact) mass is 221 g/mol. The summed E-state index contributed by atoms with van der Waals surface area (Å²) in [5.41, 5.74) is 0.967. The lowest BCUT2D eigenvalue weighted by Gasteiger charge is -2.21. The molecule has 2 N–H and O–H groups in total. The van der Waals surface area contributed by atoms with Gasteiger partial charge in [0.05, 0.1) is 0 Å². The third-order valence-corrected chi connectivity index (χ3v) is 3.19. The molecule has 0 bridgehead atoms. The number of phenolic OH excluding ortho intramolecular Hbond substituents is 1. The van der Waals surface area contributed by atoms with Gasteiger partial charge < -0.3 is 19.9 Å². The molecule has 0 saturated carbocycles. The van der Waals surface area contributed by atoms with Gasteiger partial charge in [0.15, 0.2) is 11.5 Å². The summed E-state index contributed by atoms with van der Waals surface area (Å²) < 4.78 is 10.9. The molecule has 0 amide bonds. The zero-order chi connectivity index (χ0) is 11.0. The van der Waals surface area contributed by atoms with Gasteiger partial charge in [0.1, 0.15) is 19.0 Å². The number of fused-ring (bicyclic) bond motifs is 1. The maximum atomic E-state index is 9.96. The molecule has 0 aliphatic carbocycles. The van der Waals surface area contributed by atoms with E-state index < -0.39 is 0 Å². The van der Waals surface area contributed by atoms with Crippen LogP contribution < -0.4 is 14.8 Å². The minimum absolute atomic E-state index is 0.318. The van der Waals surface area contributed by atoms with E-state index in [4.69, 9.17) is 9.47 Å². The van der Waals surface area contributed by atoms with Crippen molar-refractivity contribution in [2.75, 3.05) is 26.3 Å². The zero-order valence-electron chi connectivity index (χ0n) is 9.03. The molecule has 4 nitrogen and oxygen atoms in total. The highest BCUT2D eigenvalue weighted by Gasteiger charge is 2.23. The van der Waals surface area contributed by atoms with Crippen molar-refractivity contribution < 1.29 is 14.6 Å². The van der Waals surface area contributed by atoms with Crippen molar-refractivity contribution in [3.63, 3.8) is 0 Å². The molecule has 2 aliphatic heterocycles. The van der Waals surface area contributed by atoms with Gasteiger partial charge in [-0.25, -0.2) is 0 Å². The standard InChI is InChI=1S/C12H15NO3/c14-10-6-12-11(15-3-4-16-12)5-9(10)8-1-2-13-7-8/h5-6,8,13-14H,1-4,7H2. The van der Waals surface area contributed by atoms with Crippen molar-refractivity contribution >= 4 is 0 Å². The number of hydrogen-bond acceptors (Lipinski definition) is 4. The predicted octanol–water partition coefficient (Wildman–Crippen LogP) is 1.24. The number of ether oxygens (including phenoxy) is 2. The first-order valence-electron chi connectivity index (χ1n) is 5.68. The highest BCUT2D eigenvalue weighted by Crippen LogP contribution is 2.40. The van der Waals surface area contributed by atoms with Gasteiger partial charge in [-0.15, -0.1) is 0 Å². The van der Waals surface area contributed by atoms with E-state index in [2.05, 4.69) is 5.32 Å². The molecule has 1 unspecified atom stereocenters. The molecule has 1 aromatic rings. The maximum Gasteiger partial charge on any atom is 0.165 e. The first-order valence-corrected chi connectivity index (χ1v) is 5.68. The average molecular weight is 221 g/mol. The van der Waals surface area contributed by atoms with E-state index in [-0.39, 0.29) is 0 Å². The van der Waals surface area contributed by atoms with E-state index in [1.165, 1.54) is 0 Å². The second kappa shape index (κ2) is 3.87.